The van der Waals surface area contributed by atoms with E-state index in [-0.39, 0.29) is 0 Å². The van der Waals surface area contributed by atoms with Crippen molar-refractivity contribution in [2.75, 3.05) is 0 Å². The minimum Gasteiger partial charge on any atom is -0.310 e. The van der Waals surface area contributed by atoms with Crippen LogP contribution in [0.2, 0.25) is 0 Å². The van der Waals surface area contributed by atoms with Crippen molar-refractivity contribution in [2.45, 2.75) is 33.4 Å². The van der Waals surface area contributed by atoms with Crippen molar-refractivity contribution in [1.82, 2.24) is 15.1 Å². The SMILES string of the molecule is Cc1cnn(-c2cc(Br)ccc2CNC(C)C)c1. The van der Waals surface area contributed by atoms with Gasteiger partial charge in [-0.3, -0.25) is 0 Å². The molecule has 4 heteroatoms. The zero-order chi connectivity index (χ0) is 13.1. The zero-order valence-corrected chi connectivity index (χ0v) is 12.5. The number of rotatable bonds is 4. The van der Waals surface area contributed by atoms with Gasteiger partial charge in [-0.15, -0.1) is 0 Å². The van der Waals surface area contributed by atoms with Crippen LogP contribution in [0.25, 0.3) is 5.69 Å². The summed E-state index contributed by atoms with van der Waals surface area (Å²) in [7, 11) is 0. The maximum atomic E-state index is 4.38. The van der Waals surface area contributed by atoms with E-state index in [1.807, 2.05) is 24.0 Å². The molecule has 0 aliphatic carbocycles. The van der Waals surface area contributed by atoms with Crippen LogP contribution < -0.4 is 5.32 Å². The number of nitrogens with zero attached hydrogens (tertiary/aromatic N) is 2. The van der Waals surface area contributed by atoms with Crippen molar-refractivity contribution < 1.29 is 0 Å². The molecule has 2 rings (SSSR count). The predicted molar refractivity (Wildman–Crippen MR) is 78.0 cm³/mol. The van der Waals surface area contributed by atoms with Gasteiger partial charge in [0, 0.05) is 23.3 Å². The van der Waals surface area contributed by atoms with Crippen LogP contribution in [0.5, 0.6) is 0 Å². The normalized spacial score (nSPS) is 11.2. The summed E-state index contributed by atoms with van der Waals surface area (Å²) in [6.45, 7) is 7.19. The van der Waals surface area contributed by atoms with Crippen molar-refractivity contribution in [3.05, 3.63) is 46.2 Å². The lowest BCUT2D eigenvalue weighted by atomic mass is 10.1. The molecule has 0 amide bonds. The highest BCUT2D eigenvalue weighted by atomic mass is 79.9. The summed E-state index contributed by atoms with van der Waals surface area (Å²) in [5, 5.41) is 7.82. The summed E-state index contributed by atoms with van der Waals surface area (Å²) in [5.74, 6) is 0. The molecule has 3 nitrogen and oxygen atoms in total. The largest absolute Gasteiger partial charge is 0.310 e. The second kappa shape index (κ2) is 5.67. The van der Waals surface area contributed by atoms with Crippen LogP contribution in [-0.4, -0.2) is 15.8 Å². The van der Waals surface area contributed by atoms with Gasteiger partial charge in [0.05, 0.1) is 11.9 Å². The Morgan fingerprint density at radius 2 is 2.17 bits per heavy atom. The van der Waals surface area contributed by atoms with Gasteiger partial charge in [0.15, 0.2) is 0 Å². The predicted octanol–water partition coefficient (Wildman–Crippen LogP) is 3.44. The lowest BCUT2D eigenvalue weighted by Gasteiger charge is -2.13. The molecule has 0 unspecified atom stereocenters. The van der Waals surface area contributed by atoms with Gasteiger partial charge in [0.1, 0.15) is 0 Å². The smallest absolute Gasteiger partial charge is 0.0701 e. The Kier molecular flexibility index (Phi) is 4.19. The fourth-order valence-electron chi connectivity index (χ4n) is 1.76. The van der Waals surface area contributed by atoms with E-state index in [2.05, 4.69) is 58.4 Å². The number of hydrogen-bond acceptors (Lipinski definition) is 2. The molecule has 0 saturated heterocycles. The molecular formula is C14H18BrN3. The summed E-state index contributed by atoms with van der Waals surface area (Å²) in [5.41, 5.74) is 3.53. The van der Waals surface area contributed by atoms with Crippen molar-refractivity contribution in [1.29, 1.82) is 0 Å². The molecule has 18 heavy (non-hydrogen) atoms. The summed E-state index contributed by atoms with van der Waals surface area (Å²) in [4.78, 5) is 0. The van der Waals surface area contributed by atoms with E-state index in [0.29, 0.717) is 6.04 Å². The monoisotopic (exact) mass is 307 g/mol. The minimum atomic E-state index is 0.473. The summed E-state index contributed by atoms with van der Waals surface area (Å²) in [6, 6.07) is 6.77. The van der Waals surface area contributed by atoms with Gasteiger partial charge in [-0.25, -0.2) is 4.68 Å². The highest BCUT2D eigenvalue weighted by Gasteiger charge is 2.07. The van der Waals surface area contributed by atoms with Crippen molar-refractivity contribution >= 4 is 15.9 Å². The molecule has 0 atom stereocenters. The topological polar surface area (TPSA) is 29.9 Å². The third-order valence-corrected chi connectivity index (χ3v) is 3.20. The molecule has 2 aromatic rings. The van der Waals surface area contributed by atoms with E-state index in [1.54, 1.807) is 0 Å². The Morgan fingerprint density at radius 1 is 1.39 bits per heavy atom. The van der Waals surface area contributed by atoms with Gasteiger partial charge >= 0.3 is 0 Å². The van der Waals surface area contributed by atoms with Gasteiger partial charge in [-0.05, 0) is 30.2 Å². The molecule has 1 heterocycles. The first-order valence-corrected chi connectivity index (χ1v) is 6.89. The number of halogens is 1. The first-order chi connectivity index (χ1) is 8.56. The van der Waals surface area contributed by atoms with E-state index >= 15 is 0 Å². The molecule has 0 saturated carbocycles. The second-order valence-electron chi connectivity index (χ2n) is 4.77. The molecular weight excluding hydrogens is 290 g/mol. The molecule has 1 aromatic carbocycles. The van der Waals surface area contributed by atoms with E-state index in [0.717, 1.165) is 22.3 Å². The number of benzene rings is 1. The van der Waals surface area contributed by atoms with E-state index in [4.69, 9.17) is 0 Å². The van der Waals surface area contributed by atoms with Crippen LogP contribution in [0.4, 0.5) is 0 Å². The average Bonchev–Trinajstić information content (AvgIpc) is 2.74. The molecule has 96 valence electrons. The first-order valence-electron chi connectivity index (χ1n) is 6.09. The summed E-state index contributed by atoms with van der Waals surface area (Å²) < 4.78 is 3.00. The van der Waals surface area contributed by atoms with Crippen LogP contribution in [0.3, 0.4) is 0 Å². The molecule has 1 N–H and O–H groups in total. The third-order valence-electron chi connectivity index (χ3n) is 2.71. The van der Waals surface area contributed by atoms with E-state index in [9.17, 15) is 0 Å². The van der Waals surface area contributed by atoms with Gasteiger partial charge in [0.25, 0.3) is 0 Å². The second-order valence-corrected chi connectivity index (χ2v) is 5.69. The zero-order valence-electron chi connectivity index (χ0n) is 10.9. The average molecular weight is 308 g/mol. The number of aryl methyl sites for hydroxylation is 1. The molecule has 0 fully saturated rings. The van der Waals surface area contributed by atoms with Crippen LogP contribution in [-0.2, 0) is 6.54 Å². The Bertz CT molecular complexity index is 532. The highest BCUT2D eigenvalue weighted by molar-refractivity contribution is 9.10. The fraction of sp³-hybridized carbons (Fsp3) is 0.357. The van der Waals surface area contributed by atoms with Crippen LogP contribution >= 0.6 is 15.9 Å². The molecule has 0 aliphatic rings. The molecule has 1 aromatic heterocycles. The summed E-state index contributed by atoms with van der Waals surface area (Å²) in [6.07, 6.45) is 3.92. The lowest BCUT2D eigenvalue weighted by Crippen LogP contribution is -2.22. The Hall–Kier alpha value is -1.13. The van der Waals surface area contributed by atoms with Crippen molar-refractivity contribution in [3.8, 4) is 5.69 Å². The van der Waals surface area contributed by atoms with Gasteiger partial charge in [-0.1, -0.05) is 35.8 Å². The molecule has 0 radical (unpaired) electrons. The molecule has 0 aliphatic heterocycles. The third kappa shape index (κ3) is 3.21. The number of nitrogens with one attached hydrogen (secondary N) is 1. The minimum absolute atomic E-state index is 0.473. The Labute approximate surface area is 116 Å². The highest BCUT2D eigenvalue weighted by Crippen LogP contribution is 2.20. The van der Waals surface area contributed by atoms with E-state index in [1.165, 1.54) is 5.56 Å². The number of aromatic nitrogens is 2. The Morgan fingerprint density at radius 3 is 2.78 bits per heavy atom. The maximum Gasteiger partial charge on any atom is 0.0701 e. The molecule has 0 spiro atoms. The van der Waals surface area contributed by atoms with Crippen LogP contribution in [0.1, 0.15) is 25.0 Å². The summed E-state index contributed by atoms with van der Waals surface area (Å²) >= 11 is 3.52. The number of hydrogen-bond donors (Lipinski definition) is 1. The van der Waals surface area contributed by atoms with Gasteiger partial charge < -0.3 is 5.32 Å². The fourth-order valence-corrected chi connectivity index (χ4v) is 2.11. The standard InChI is InChI=1S/C14H18BrN3/c1-10(2)16-8-12-4-5-13(15)6-14(12)18-9-11(3)7-17-18/h4-7,9-10,16H,8H2,1-3H3. The lowest BCUT2D eigenvalue weighted by molar-refractivity contribution is 0.586. The van der Waals surface area contributed by atoms with Gasteiger partial charge in [-0.2, -0.15) is 5.10 Å². The maximum absolute atomic E-state index is 4.38. The van der Waals surface area contributed by atoms with Crippen molar-refractivity contribution in [2.24, 2.45) is 0 Å². The van der Waals surface area contributed by atoms with E-state index < -0.39 is 0 Å². The van der Waals surface area contributed by atoms with Crippen molar-refractivity contribution in [3.63, 3.8) is 0 Å². The quantitative estimate of drug-likeness (QED) is 0.937. The first kappa shape index (κ1) is 13.3. The van der Waals surface area contributed by atoms with Crippen LogP contribution in [0.15, 0.2) is 35.1 Å². The van der Waals surface area contributed by atoms with Gasteiger partial charge in [0.2, 0.25) is 0 Å². The van der Waals surface area contributed by atoms with Crippen LogP contribution in [0, 0.1) is 6.92 Å². The molecule has 0 bridgehead atoms. The Balaban J connectivity index is 2.34.